The first-order valence-corrected chi connectivity index (χ1v) is 8.75. The minimum absolute atomic E-state index is 0.0672. The normalized spacial score (nSPS) is 10.3. The van der Waals surface area contributed by atoms with Gasteiger partial charge in [0.15, 0.2) is 0 Å². The molecule has 0 spiro atoms. The Morgan fingerprint density at radius 2 is 1.77 bits per heavy atom. The maximum atomic E-state index is 11.6. The molecule has 0 radical (unpaired) electrons. The number of carbonyl (C=O) groups is 2. The van der Waals surface area contributed by atoms with E-state index in [2.05, 4.69) is 29.5 Å². The van der Waals surface area contributed by atoms with Crippen molar-refractivity contribution >= 4 is 34.5 Å². The minimum atomic E-state index is -0.373. The van der Waals surface area contributed by atoms with Crippen LogP contribution in [-0.4, -0.2) is 18.5 Å². The number of unbranched alkanes of at least 4 members (excludes halogenated alkanes) is 3. The monoisotopic (exact) mass is 418 g/mol. The van der Waals surface area contributed by atoms with E-state index in [9.17, 15) is 9.59 Å². The van der Waals surface area contributed by atoms with Crippen molar-refractivity contribution in [3.05, 3.63) is 33.4 Å². The molecule has 0 aromatic heterocycles. The van der Waals surface area contributed by atoms with Gasteiger partial charge in [-0.2, -0.15) is 0 Å². The first-order valence-electron chi connectivity index (χ1n) is 7.67. The predicted octanol–water partition coefficient (Wildman–Crippen LogP) is 4.24. The number of benzene rings is 1. The van der Waals surface area contributed by atoms with Crippen LogP contribution in [0.3, 0.4) is 0 Å². The lowest BCUT2D eigenvalue weighted by atomic mass is 10.2. The van der Waals surface area contributed by atoms with Crippen LogP contribution in [0.5, 0.6) is 0 Å². The lowest BCUT2D eigenvalue weighted by Crippen LogP contribution is -2.11. The number of carbonyl (C=O) groups excluding carboxylic acids is 2. The fourth-order valence-corrected chi connectivity index (χ4v) is 2.46. The molecule has 1 rings (SSSR count). The summed E-state index contributed by atoms with van der Waals surface area (Å²) in [6.07, 6.45) is 4.41. The van der Waals surface area contributed by atoms with E-state index >= 15 is 0 Å². The van der Waals surface area contributed by atoms with Gasteiger partial charge >= 0.3 is 11.9 Å². The highest BCUT2D eigenvalue weighted by Crippen LogP contribution is 2.09. The van der Waals surface area contributed by atoms with Crippen molar-refractivity contribution in [2.24, 2.45) is 0 Å². The zero-order valence-electron chi connectivity index (χ0n) is 13.0. The lowest BCUT2D eigenvalue weighted by Gasteiger charge is -2.06. The second-order valence-electron chi connectivity index (χ2n) is 5.07. The summed E-state index contributed by atoms with van der Waals surface area (Å²) in [5.74, 6) is -0.704. The van der Waals surface area contributed by atoms with Crippen molar-refractivity contribution in [1.82, 2.24) is 0 Å². The van der Waals surface area contributed by atoms with E-state index in [0.717, 1.165) is 34.8 Å². The van der Waals surface area contributed by atoms with Gasteiger partial charge in [0.1, 0.15) is 6.61 Å². The van der Waals surface area contributed by atoms with Gasteiger partial charge in [0.25, 0.3) is 0 Å². The van der Waals surface area contributed by atoms with Crippen LogP contribution in [0.4, 0.5) is 0 Å². The molecule has 0 aliphatic heterocycles. The highest BCUT2D eigenvalue weighted by Gasteiger charge is 2.09. The van der Waals surface area contributed by atoms with Gasteiger partial charge in [-0.3, -0.25) is 9.59 Å². The van der Waals surface area contributed by atoms with Crippen molar-refractivity contribution < 1.29 is 19.1 Å². The Morgan fingerprint density at radius 3 is 2.45 bits per heavy atom. The molecule has 0 aliphatic carbocycles. The molecule has 22 heavy (non-hydrogen) atoms. The Kier molecular flexibility index (Phi) is 9.86. The van der Waals surface area contributed by atoms with Gasteiger partial charge in [0, 0.05) is 3.57 Å². The SMILES string of the molecule is CCCCCCOC(=O)CCC(=O)OCc1cccc(I)c1. The maximum absolute atomic E-state index is 11.6. The quantitative estimate of drug-likeness (QED) is 0.324. The summed E-state index contributed by atoms with van der Waals surface area (Å²) in [4.78, 5) is 23.1. The van der Waals surface area contributed by atoms with E-state index in [1.54, 1.807) is 0 Å². The Morgan fingerprint density at radius 1 is 1.05 bits per heavy atom. The molecule has 0 saturated carbocycles. The Balaban J connectivity index is 2.11. The first-order chi connectivity index (χ1) is 10.6. The predicted molar refractivity (Wildman–Crippen MR) is 93.3 cm³/mol. The summed E-state index contributed by atoms with van der Waals surface area (Å²) >= 11 is 2.21. The number of esters is 2. The summed E-state index contributed by atoms with van der Waals surface area (Å²) in [7, 11) is 0. The molecule has 4 nitrogen and oxygen atoms in total. The summed E-state index contributed by atoms with van der Waals surface area (Å²) in [6, 6.07) is 7.75. The highest BCUT2D eigenvalue weighted by molar-refractivity contribution is 14.1. The summed E-state index contributed by atoms with van der Waals surface area (Å²) in [5.41, 5.74) is 0.943. The molecule has 0 N–H and O–H groups in total. The van der Waals surface area contributed by atoms with Crippen LogP contribution in [0.1, 0.15) is 51.0 Å². The smallest absolute Gasteiger partial charge is 0.306 e. The number of ether oxygens (including phenoxy) is 2. The zero-order valence-corrected chi connectivity index (χ0v) is 15.1. The second kappa shape index (κ2) is 11.5. The summed E-state index contributed by atoms with van der Waals surface area (Å²) in [5, 5.41) is 0. The van der Waals surface area contributed by atoms with Crippen LogP contribution in [0.15, 0.2) is 24.3 Å². The Hall–Kier alpha value is -1.11. The number of hydrogen-bond donors (Lipinski definition) is 0. The molecule has 1 aromatic carbocycles. The third kappa shape index (κ3) is 9.02. The molecule has 0 amide bonds. The standard InChI is InChI=1S/C17H23IO4/c1-2-3-4-5-11-21-16(19)9-10-17(20)22-13-14-7-6-8-15(18)12-14/h6-8,12H,2-5,9-11,13H2,1H3. The molecule has 0 bridgehead atoms. The van der Waals surface area contributed by atoms with Crippen molar-refractivity contribution in [3.8, 4) is 0 Å². The number of halogens is 1. The topological polar surface area (TPSA) is 52.6 Å². The molecular formula is C17H23IO4. The van der Waals surface area contributed by atoms with E-state index < -0.39 is 0 Å². The van der Waals surface area contributed by atoms with E-state index in [4.69, 9.17) is 9.47 Å². The van der Waals surface area contributed by atoms with Crippen molar-refractivity contribution in [2.45, 2.75) is 52.1 Å². The molecule has 122 valence electrons. The van der Waals surface area contributed by atoms with Gasteiger partial charge in [-0.05, 0) is 46.7 Å². The van der Waals surface area contributed by atoms with E-state index in [1.165, 1.54) is 0 Å². The summed E-state index contributed by atoms with van der Waals surface area (Å²) in [6.45, 7) is 2.81. The molecule has 0 atom stereocenters. The molecule has 0 unspecified atom stereocenters. The van der Waals surface area contributed by atoms with Gasteiger partial charge in [-0.15, -0.1) is 0 Å². The van der Waals surface area contributed by atoms with Crippen molar-refractivity contribution in [1.29, 1.82) is 0 Å². The maximum Gasteiger partial charge on any atom is 0.306 e. The van der Waals surface area contributed by atoms with E-state index in [0.29, 0.717) is 6.61 Å². The fourth-order valence-electron chi connectivity index (χ4n) is 1.85. The number of hydrogen-bond acceptors (Lipinski definition) is 4. The van der Waals surface area contributed by atoms with Crippen LogP contribution >= 0.6 is 22.6 Å². The molecule has 0 heterocycles. The van der Waals surface area contributed by atoms with Crippen LogP contribution < -0.4 is 0 Å². The lowest BCUT2D eigenvalue weighted by molar-refractivity contribution is -0.151. The fraction of sp³-hybridized carbons (Fsp3) is 0.529. The largest absolute Gasteiger partial charge is 0.466 e. The Bertz CT molecular complexity index is 473. The van der Waals surface area contributed by atoms with Gasteiger partial charge < -0.3 is 9.47 Å². The highest BCUT2D eigenvalue weighted by atomic mass is 127. The van der Waals surface area contributed by atoms with Crippen molar-refractivity contribution in [2.75, 3.05) is 6.61 Å². The van der Waals surface area contributed by atoms with E-state index in [1.807, 2.05) is 24.3 Å². The average molecular weight is 418 g/mol. The van der Waals surface area contributed by atoms with Crippen LogP contribution in [0.2, 0.25) is 0 Å². The molecule has 5 heteroatoms. The third-order valence-electron chi connectivity index (χ3n) is 3.08. The molecular weight excluding hydrogens is 395 g/mol. The minimum Gasteiger partial charge on any atom is -0.466 e. The van der Waals surface area contributed by atoms with Gasteiger partial charge in [0.2, 0.25) is 0 Å². The van der Waals surface area contributed by atoms with Gasteiger partial charge in [-0.25, -0.2) is 0 Å². The average Bonchev–Trinajstić information content (AvgIpc) is 2.51. The van der Waals surface area contributed by atoms with Crippen LogP contribution in [-0.2, 0) is 25.7 Å². The second-order valence-corrected chi connectivity index (χ2v) is 6.32. The Labute approximate surface area is 145 Å². The van der Waals surface area contributed by atoms with Gasteiger partial charge in [0.05, 0.1) is 19.4 Å². The van der Waals surface area contributed by atoms with Crippen molar-refractivity contribution in [3.63, 3.8) is 0 Å². The molecule has 0 saturated heterocycles. The third-order valence-corrected chi connectivity index (χ3v) is 3.75. The van der Waals surface area contributed by atoms with Crippen LogP contribution in [0.25, 0.3) is 0 Å². The first kappa shape index (κ1) is 18.9. The number of rotatable bonds is 10. The molecule has 0 fully saturated rings. The molecule has 0 aliphatic rings. The van der Waals surface area contributed by atoms with Crippen LogP contribution in [0, 0.1) is 3.57 Å². The van der Waals surface area contributed by atoms with E-state index in [-0.39, 0.29) is 31.4 Å². The molecule has 1 aromatic rings. The zero-order chi connectivity index (χ0) is 16.2. The van der Waals surface area contributed by atoms with Gasteiger partial charge in [-0.1, -0.05) is 38.3 Å². The summed E-state index contributed by atoms with van der Waals surface area (Å²) < 4.78 is 11.3.